The molecule has 1 aliphatic carbocycles. The summed E-state index contributed by atoms with van der Waals surface area (Å²) in [6.07, 6.45) is 3.96. The fraction of sp³-hybridized carbons (Fsp3) is 0.350. The summed E-state index contributed by atoms with van der Waals surface area (Å²) in [6.45, 7) is 1.91. The van der Waals surface area contributed by atoms with Crippen LogP contribution in [-0.4, -0.2) is 42.0 Å². The van der Waals surface area contributed by atoms with Crippen LogP contribution < -0.4 is 0 Å². The van der Waals surface area contributed by atoms with Crippen LogP contribution in [0.5, 0.6) is 0 Å². The molecule has 1 aromatic carbocycles. The molecule has 2 aliphatic heterocycles. The minimum absolute atomic E-state index is 0.0341. The van der Waals surface area contributed by atoms with Crippen molar-refractivity contribution in [3.8, 4) is 0 Å². The van der Waals surface area contributed by atoms with Gasteiger partial charge >= 0.3 is 182 Å². The Bertz CT molecular complexity index is 974. The summed E-state index contributed by atoms with van der Waals surface area (Å²) in [4.78, 5) is 37.6. The molecule has 0 N–H and O–H groups in total. The SMILES string of the molecule is CCC12C=CC(c3ccc(Cl)cc3F)=C3CC(=O)[O][Pb]([O]C(=O)CC31)[O]C(=O)C2. The number of hydrogen-bond donors (Lipinski definition) is 0. The molecule has 2 saturated heterocycles. The first-order valence-electron chi connectivity index (χ1n) is 9.18. The zero-order valence-corrected chi connectivity index (χ0v) is 20.1. The molecule has 1 radical (unpaired) electrons. The van der Waals surface area contributed by atoms with E-state index in [2.05, 4.69) is 0 Å². The summed E-state index contributed by atoms with van der Waals surface area (Å²) in [5, 5.41) is 0.253. The Morgan fingerprint density at radius 3 is 2.62 bits per heavy atom. The second kappa shape index (κ2) is 7.83. The molecule has 0 amide bonds. The number of hydrogen-bond acceptors (Lipinski definition) is 6. The second-order valence-corrected chi connectivity index (χ2v) is 12.0. The van der Waals surface area contributed by atoms with E-state index < -0.39 is 59.1 Å². The van der Waals surface area contributed by atoms with E-state index in [1.165, 1.54) is 6.07 Å². The predicted octanol–water partition coefficient (Wildman–Crippen LogP) is 3.63. The Morgan fingerprint density at radius 2 is 1.90 bits per heavy atom. The van der Waals surface area contributed by atoms with Gasteiger partial charge in [-0.1, -0.05) is 0 Å². The van der Waals surface area contributed by atoms with Crippen molar-refractivity contribution in [3.05, 3.63) is 52.3 Å². The maximum absolute atomic E-state index is 14.7. The van der Waals surface area contributed by atoms with Gasteiger partial charge in [0.05, 0.1) is 0 Å². The molecule has 2 fully saturated rings. The van der Waals surface area contributed by atoms with Gasteiger partial charge in [-0.3, -0.25) is 0 Å². The van der Waals surface area contributed by atoms with Crippen molar-refractivity contribution in [1.82, 2.24) is 0 Å². The molecule has 0 saturated carbocycles. The fourth-order valence-corrected chi connectivity index (χ4v) is 7.94. The van der Waals surface area contributed by atoms with Gasteiger partial charge in [0, 0.05) is 0 Å². The van der Waals surface area contributed by atoms with Crippen molar-refractivity contribution in [2.24, 2.45) is 11.3 Å². The molecule has 6 nitrogen and oxygen atoms in total. The van der Waals surface area contributed by atoms with Crippen molar-refractivity contribution >= 4 is 59.1 Å². The molecule has 151 valence electrons. The summed E-state index contributed by atoms with van der Waals surface area (Å²) < 4.78 is 30.4. The number of carbonyl (C=O) groups excluding carboxylic acids is 3. The fourth-order valence-electron chi connectivity index (χ4n) is 4.24. The van der Waals surface area contributed by atoms with Crippen LogP contribution in [0.1, 0.15) is 38.2 Å². The molecule has 4 rings (SSSR count). The predicted molar refractivity (Wildman–Crippen MR) is 102 cm³/mol. The van der Waals surface area contributed by atoms with E-state index in [9.17, 15) is 18.8 Å². The summed E-state index contributed by atoms with van der Waals surface area (Å²) in [7, 11) is 0. The normalized spacial score (nSPS) is 27.3. The first kappa shape index (κ1) is 20.5. The summed E-state index contributed by atoms with van der Waals surface area (Å²) in [6, 6.07) is 4.30. The van der Waals surface area contributed by atoms with E-state index in [0.29, 0.717) is 17.6 Å². The van der Waals surface area contributed by atoms with Gasteiger partial charge in [-0.25, -0.2) is 0 Å². The summed E-state index contributed by atoms with van der Waals surface area (Å²) in [5.41, 5.74) is 0.618. The van der Waals surface area contributed by atoms with Gasteiger partial charge in [0.25, 0.3) is 0 Å². The Balaban J connectivity index is 1.95. The maximum atomic E-state index is 14.7. The monoisotopic (exact) mass is 615 g/mol. The zero-order valence-electron chi connectivity index (χ0n) is 15.5. The molecule has 2 atom stereocenters. The number of rotatable bonds is 2. The van der Waals surface area contributed by atoms with Gasteiger partial charge in [0.1, 0.15) is 0 Å². The van der Waals surface area contributed by atoms with E-state index in [-0.39, 0.29) is 29.8 Å². The summed E-state index contributed by atoms with van der Waals surface area (Å²) >= 11 is 1.77. The third-order valence-electron chi connectivity index (χ3n) is 5.69. The standard InChI is InChI=1S/C20H20ClFO6.Pb/c1-2-20(10-19(27)28)6-5-12(13-4-3-11(21)7-16(13)22)14(8-17(23)24)15(20)9-18(25)26;/h3-7,15H,2,8-10H2,1H3,(H,23,24)(H,25,26)(H,27,28);/q;+3/p-3. The van der Waals surface area contributed by atoms with Crippen molar-refractivity contribution in [2.45, 2.75) is 32.6 Å². The first-order valence-corrected chi connectivity index (χ1v) is 14.3. The van der Waals surface area contributed by atoms with Crippen molar-refractivity contribution in [3.63, 3.8) is 0 Å². The van der Waals surface area contributed by atoms with Crippen LogP contribution in [0.25, 0.3) is 5.57 Å². The number of carbonyl (C=O) groups is 3. The van der Waals surface area contributed by atoms with Gasteiger partial charge in [0.2, 0.25) is 0 Å². The average Bonchev–Trinajstić information content (AvgIpc) is 2.73. The van der Waals surface area contributed by atoms with Gasteiger partial charge in [-0.05, 0) is 0 Å². The van der Waals surface area contributed by atoms with E-state index in [0.717, 1.165) is 0 Å². The van der Waals surface area contributed by atoms with Crippen LogP contribution in [0, 0.1) is 17.2 Å². The molecule has 2 unspecified atom stereocenters. The molecule has 29 heavy (non-hydrogen) atoms. The first-order chi connectivity index (χ1) is 13.8. The average molecular weight is 615 g/mol. The molecule has 9 heteroatoms. The quantitative estimate of drug-likeness (QED) is 0.474. The van der Waals surface area contributed by atoms with Crippen LogP contribution in [0.15, 0.2) is 35.9 Å². The van der Waals surface area contributed by atoms with Crippen LogP contribution in [0.3, 0.4) is 0 Å². The molecular weight excluding hydrogens is 598 g/mol. The van der Waals surface area contributed by atoms with Gasteiger partial charge < -0.3 is 0 Å². The van der Waals surface area contributed by atoms with E-state index in [1.807, 2.05) is 13.0 Å². The van der Waals surface area contributed by atoms with E-state index in [1.54, 1.807) is 18.2 Å². The number of allylic oxidation sites excluding steroid dienone is 3. The zero-order chi connectivity index (χ0) is 20.8. The van der Waals surface area contributed by atoms with Gasteiger partial charge in [0.15, 0.2) is 0 Å². The molecule has 2 heterocycles. The van der Waals surface area contributed by atoms with Crippen LogP contribution in [0.4, 0.5) is 4.39 Å². The number of fused-ring (bicyclic) bond motifs is 3. The van der Waals surface area contributed by atoms with Crippen LogP contribution in [0.2, 0.25) is 5.02 Å². The van der Waals surface area contributed by atoms with E-state index in [4.69, 9.17) is 19.7 Å². The number of halogens is 2. The van der Waals surface area contributed by atoms with Crippen LogP contribution in [-0.2, 0) is 22.4 Å². The molecule has 0 spiro atoms. The van der Waals surface area contributed by atoms with E-state index >= 15 is 0 Å². The van der Waals surface area contributed by atoms with Crippen molar-refractivity contribution < 1.29 is 26.8 Å². The van der Waals surface area contributed by atoms with Gasteiger partial charge in [-0.15, -0.1) is 0 Å². The third-order valence-corrected chi connectivity index (χ3v) is 10.5. The molecule has 1 aromatic rings. The number of benzene rings is 1. The summed E-state index contributed by atoms with van der Waals surface area (Å²) in [5.74, 6) is -2.80. The third kappa shape index (κ3) is 3.86. The molecule has 2 bridgehead atoms. The Kier molecular flexibility index (Phi) is 5.54. The molecule has 3 aliphatic rings. The Hall–Kier alpha value is -1.75. The topological polar surface area (TPSA) is 78.9 Å². The second-order valence-electron chi connectivity index (χ2n) is 7.27. The van der Waals surface area contributed by atoms with Crippen molar-refractivity contribution in [1.29, 1.82) is 0 Å². The van der Waals surface area contributed by atoms with Crippen LogP contribution >= 0.6 is 11.6 Å². The Morgan fingerprint density at radius 1 is 1.17 bits per heavy atom. The molecular formula is C20H17ClFO6Pb. The minimum atomic E-state index is -4.11. The van der Waals surface area contributed by atoms with Gasteiger partial charge in [-0.2, -0.15) is 0 Å². The molecule has 0 aromatic heterocycles. The van der Waals surface area contributed by atoms with Crippen molar-refractivity contribution in [2.75, 3.05) is 0 Å². The Labute approximate surface area is 181 Å².